The number of carboxylic acid groups (broad SMARTS) is 1. The fourth-order valence-electron chi connectivity index (χ4n) is 3.14. The van der Waals surface area contributed by atoms with Crippen molar-refractivity contribution in [2.45, 2.75) is 32.1 Å². The number of hydrogen-bond donors (Lipinski definition) is 2. The van der Waals surface area contributed by atoms with Gasteiger partial charge in [-0.25, -0.2) is 4.79 Å². The van der Waals surface area contributed by atoms with Crippen LogP contribution in [0.2, 0.25) is 0 Å². The van der Waals surface area contributed by atoms with Crippen LogP contribution in [-0.2, 0) is 12.8 Å². The third-order valence-electron chi connectivity index (χ3n) is 4.35. The number of carboxylic acids is 1. The Morgan fingerprint density at radius 1 is 1.35 bits per heavy atom. The minimum atomic E-state index is -1.07. The average molecular weight is 313 g/mol. The summed E-state index contributed by atoms with van der Waals surface area (Å²) in [5.41, 5.74) is 2.68. The number of hydrogen-bond acceptors (Lipinski definition) is 3. The summed E-state index contributed by atoms with van der Waals surface area (Å²) in [6.45, 7) is 2.32. The second-order valence-electron chi connectivity index (χ2n) is 5.75. The molecule has 5 nitrogen and oxygen atoms in total. The SMILES string of the molecule is CCc1oc(C(=O)NCC2CCc3ccccc32)cc1C(=O)O. The third-order valence-corrected chi connectivity index (χ3v) is 4.35. The van der Waals surface area contributed by atoms with Crippen LogP contribution < -0.4 is 5.32 Å². The summed E-state index contributed by atoms with van der Waals surface area (Å²) in [7, 11) is 0. The van der Waals surface area contributed by atoms with E-state index in [4.69, 9.17) is 9.52 Å². The van der Waals surface area contributed by atoms with Gasteiger partial charge in [-0.15, -0.1) is 0 Å². The number of aryl methyl sites for hydroxylation is 2. The molecule has 3 rings (SSSR count). The van der Waals surface area contributed by atoms with Gasteiger partial charge in [0.05, 0.1) is 0 Å². The van der Waals surface area contributed by atoms with Gasteiger partial charge in [-0.1, -0.05) is 31.2 Å². The van der Waals surface area contributed by atoms with E-state index in [1.807, 2.05) is 12.1 Å². The maximum atomic E-state index is 12.2. The van der Waals surface area contributed by atoms with E-state index >= 15 is 0 Å². The molecular formula is C18H19NO4. The van der Waals surface area contributed by atoms with Gasteiger partial charge in [-0.05, 0) is 24.0 Å². The quantitative estimate of drug-likeness (QED) is 0.889. The lowest BCUT2D eigenvalue weighted by atomic mass is 10.0. The Balaban J connectivity index is 1.68. The molecule has 0 bridgehead atoms. The molecule has 1 amide bonds. The molecule has 1 aliphatic carbocycles. The maximum absolute atomic E-state index is 12.2. The van der Waals surface area contributed by atoms with Crippen LogP contribution in [0.25, 0.3) is 0 Å². The molecule has 1 aromatic carbocycles. The summed E-state index contributed by atoms with van der Waals surface area (Å²) in [5.74, 6) is -0.750. The highest BCUT2D eigenvalue weighted by molar-refractivity contribution is 5.96. The van der Waals surface area contributed by atoms with Crippen molar-refractivity contribution in [3.05, 3.63) is 58.5 Å². The normalized spacial score (nSPS) is 16.1. The molecule has 0 saturated carbocycles. The standard InChI is InChI=1S/C18H19NO4/c1-2-15-14(18(21)22)9-16(23-15)17(20)19-10-12-8-7-11-5-3-4-6-13(11)12/h3-6,9,12H,2,7-8,10H2,1H3,(H,19,20)(H,21,22). The van der Waals surface area contributed by atoms with Gasteiger partial charge in [0.15, 0.2) is 5.76 Å². The number of furan rings is 1. The number of aromatic carboxylic acids is 1. The molecule has 5 heteroatoms. The Hall–Kier alpha value is -2.56. The molecule has 0 fully saturated rings. The van der Waals surface area contributed by atoms with E-state index in [1.54, 1.807) is 6.92 Å². The molecule has 0 spiro atoms. The first-order chi connectivity index (χ1) is 11.1. The van der Waals surface area contributed by atoms with E-state index in [2.05, 4.69) is 17.4 Å². The van der Waals surface area contributed by atoms with Crippen molar-refractivity contribution in [3.63, 3.8) is 0 Å². The summed E-state index contributed by atoms with van der Waals surface area (Å²) < 4.78 is 5.38. The fraction of sp³-hybridized carbons (Fsp3) is 0.333. The molecule has 1 aliphatic rings. The van der Waals surface area contributed by atoms with Crippen LogP contribution in [0.4, 0.5) is 0 Å². The van der Waals surface area contributed by atoms with E-state index in [9.17, 15) is 9.59 Å². The van der Waals surface area contributed by atoms with Gasteiger partial charge in [0.2, 0.25) is 0 Å². The molecule has 1 aromatic heterocycles. The Labute approximate surface area is 134 Å². The molecule has 0 aliphatic heterocycles. The zero-order valence-corrected chi connectivity index (χ0v) is 13.0. The number of rotatable bonds is 5. The molecule has 0 saturated heterocycles. The number of carbonyl (C=O) groups is 2. The summed E-state index contributed by atoms with van der Waals surface area (Å²) >= 11 is 0. The van der Waals surface area contributed by atoms with Crippen LogP contribution in [0.5, 0.6) is 0 Å². The molecule has 1 atom stereocenters. The maximum Gasteiger partial charge on any atom is 0.339 e. The van der Waals surface area contributed by atoms with E-state index < -0.39 is 5.97 Å². The molecule has 120 valence electrons. The molecular weight excluding hydrogens is 294 g/mol. The Bertz CT molecular complexity index is 747. The average Bonchev–Trinajstić information content (AvgIpc) is 3.17. The topological polar surface area (TPSA) is 79.5 Å². The highest BCUT2D eigenvalue weighted by Gasteiger charge is 2.24. The highest BCUT2D eigenvalue weighted by atomic mass is 16.4. The smallest absolute Gasteiger partial charge is 0.339 e. The van der Waals surface area contributed by atoms with Crippen molar-refractivity contribution in [1.29, 1.82) is 0 Å². The number of nitrogens with one attached hydrogen (secondary N) is 1. The zero-order chi connectivity index (χ0) is 16.4. The van der Waals surface area contributed by atoms with Gasteiger partial charge in [-0.2, -0.15) is 0 Å². The number of benzene rings is 1. The largest absolute Gasteiger partial charge is 0.478 e. The predicted molar refractivity (Wildman–Crippen MR) is 84.9 cm³/mol. The van der Waals surface area contributed by atoms with Crippen molar-refractivity contribution in [1.82, 2.24) is 5.32 Å². The van der Waals surface area contributed by atoms with E-state index in [-0.39, 0.29) is 17.2 Å². The highest BCUT2D eigenvalue weighted by Crippen LogP contribution is 2.32. The first-order valence-electron chi connectivity index (χ1n) is 7.82. The molecule has 23 heavy (non-hydrogen) atoms. The number of amides is 1. The van der Waals surface area contributed by atoms with E-state index in [0.717, 1.165) is 12.8 Å². The monoisotopic (exact) mass is 313 g/mol. The van der Waals surface area contributed by atoms with Gasteiger partial charge in [0.25, 0.3) is 5.91 Å². The van der Waals surface area contributed by atoms with Gasteiger partial charge >= 0.3 is 5.97 Å². The zero-order valence-electron chi connectivity index (χ0n) is 13.0. The summed E-state index contributed by atoms with van der Waals surface area (Å²) in [6, 6.07) is 9.57. The van der Waals surface area contributed by atoms with Gasteiger partial charge in [0, 0.05) is 24.9 Å². The lowest BCUT2D eigenvalue weighted by Crippen LogP contribution is -2.27. The lowest BCUT2D eigenvalue weighted by Gasteiger charge is -2.12. The summed E-state index contributed by atoms with van der Waals surface area (Å²) in [6.07, 6.45) is 2.48. The molecule has 1 heterocycles. The van der Waals surface area contributed by atoms with Crippen molar-refractivity contribution in [2.24, 2.45) is 0 Å². The van der Waals surface area contributed by atoms with Gasteiger partial charge < -0.3 is 14.8 Å². The number of carbonyl (C=O) groups excluding carboxylic acids is 1. The Kier molecular flexibility index (Phi) is 4.19. The Morgan fingerprint density at radius 2 is 2.13 bits per heavy atom. The first-order valence-corrected chi connectivity index (χ1v) is 7.82. The summed E-state index contributed by atoms with van der Waals surface area (Å²) in [4.78, 5) is 23.3. The van der Waals surface area contributed by atoms with Crippen molar-refractivity contribution >= 4 is 11.9 Å². The second kappa shape index (κ2) is 6.28. The van der Waals surface area contributed by atoms with Crippen LogP contribution in [0.3, 0.4) is 0 Å². The van der Waals surface area contributed by atoms with Gasteiger partial charge in [0.1, 0.15) is 11.3 Å². The van der Waals surface area contributed by atoms with Crippen molar-refractivity contribution in [3.8, 4) is 0 Å². The molecule has 1 unspecified atom stereocenters. The van der Waals surface area contributed by atoms with Crippen molar-refractivity contribution in [2.75, 3.05) is 6.54 Å². The molecule has 2 N–H and O–H groups in total. The van der Waals surface area contributed by atoms with Crippen LogP contribution in [0.15, 0.2) is 34.7 Å². The third kappa shape index (κ3) is 2.99. The number of fused-ring (bicyclic) bond motifs is 1. The predicted octanol–water partition coefficient (Wildman–Crippen LogP) is 3.00. The second-order valence-corrected chi connectivity index (χ2v) is 5.75. The minimum absolute atomic E-state index is 0.0591. The van der Waals surface area contributed by atoms with Crippen molar-refractivity contribution < 1.29 is 19.1 Å². The van der Waals surface area contributed by atoms with Crippen LogP contribution >= 0.6 is 0 Å². The molecule has 0 radical (unpaired) electrons. The minimum Gasteiger partial charge on any atom is -0.478 e. The fourth-order valence-corrected chi connectivity index (χ4v) is 3.14. The van der Waals surface area contributed by atoms with Crippen LogP contribution in [-0.4, -0.2) is 23.5 Å². The van der Waals surface area contributed by atoms with Gasteiger partial charge in [-0.3, -0.25) is 4.79 Å². The van der Waals surface area contributed by atoms with E-state index in [0.29, 0.717) is 24.6 Å². The first kappa shape index (κ1) is 15.3. The van der Waals surface area contributed by atoms with Crippen LogP contribution in [0, 0.1) is 0 Å². The lowest BCUT2D eigenvalue weighted by molar-refractivity contribution is 0.0694. The molecule has 2 aromatic rings. The van der Waals surface area contributed by atoms with Crippen LogP contribution in [0.1, 0.15) is 57.1 Å². The Morgan fingerprint density at radius 3 is 2.83 bits per heavy atom. The summed E-state index contributed by atoms with van der Waals surface area (Å²) in [5, 5.41) is 12.0. The van der Waals surface area contributed by atoms with E-state index in [1.165, 1.54) is 17.2 Å².